The van der Waals surface area contributed by atoms with Crippen LogP contribution in [0.25, 0.3) is 0 Å². The topological polar surface area (TPSA) is 65.5 Å². The van der Waals surface area contributed by atoms with E-state index in [1.165, 1.54) is 0 Å². The second-order valence-electron chi connectivity index (χ2n) is 5.53. The van der Waals surface area contributed by atoms with E-state index in [1.54, 1.807) is 6.92 Å². The molecule has 0 aliphatic carbocycles. The minimum atomic E-state index is -0.634. The largest absolute Gasteiger partial charge is 0.457 e. The number of aromatic nitrogens is 1. The molecular formula is C20H17NO4S. The predicted octanol–water partition coefficient (Wildman–Crippen LogP) is 4.17. The molecule has 2 aromatic carbocycles. The summed E-state index contributed by atoms with van der Waals surface area (Å²) in [4.78, 5) is 29.0. The Labute approximate surface area is 155 Å². The van der Waals surface area contributed by atoms with Gasteiger partial charge in [-0.05, 0) is 18.1 Å². The molecule has 3 rings (SSSR count). The highest BCUT2D eigenvalue weighted by molar-refractivity contribution is 7.13. The van der Waals surface area contributed by atoms with E-state index in [0.717, 1.165) is 22.5 Å². The van der Waals surface area contributed by atoms with Crippen LogP contribution < -0.4 is 0 Å². The van der Waals surface area contributed by atoms with Crippen molar-refractivity contribution in [2.24, 2.45) is 0 Å². The molecule has 0 bridgehead atoms. The zero-order valence-electron chi connectivity index (χ0n) is 14.2. The van der Waals surface area contributed by atoms with Crippen molar-refractivity contribution in [2.75, 3.05) is 0 Å². The first-order valence-electron chi connectivity index (χ1n) is 8.03. The number of aryl methyl sites for hydroxylation is 1. The Morgan fingerprint density at radius 3 is 1.88 bits per heavy atom. The van der Waals surface area contributed by atoms with Crippen LogP contribution in [-0.2, 0) is 22.7 Å². The monoisotopic (exact) mass is 367 g/mol. The number of thiazole rings is 1. The molecule has 3 aromatic rings. The average molecular weight is 367 g/mol. The molecule has 0 saturated carbocycles. The number of benzene rings is 2. The highest BCUT2D eigenvalue weighted by Gasteiger charge is 2.25. The Morgan fingerprint density at radius 1 is 0.846 bits per heavy atom. The van der Waals surface area contributed by atoms with E-state index in [9.17, 15) is 9.59 Å². The lowest BCUT2D eigenvalue weighted by Crippen LogP contribution is -2.12. The van der Waals surface area contributed by atoms with Gasteiger partial charge in [-0.3, -0.25) is 0 Å². The summed E-state index contributed by atoms with van der Waals surface area (Å²) >= 11 is 1.12. The number of rotatable bonds is 6. The fourth-order valence-corrected chi connectivity index (χ4v) is 3.08. The SMILES string of the molecule is Cc1nc(C(=O)OCc2ccccc2)c(C(=O)OCc2ccccc2)s1. The lowest BCUT2D eigenvalue weighted by Gasteiger charge is -2.06. The number of ether oxygens (including phenoxy) is 2. The van der Waals surface area contributed by atoms with Crippen molar-refractivity contribution in [1.29, 1.82) is 0 Å². The lowest BCUT2D eigenvalue weighted by atomic mass is 10.2. The molecular weight excluding hydrogens is 350 g/mol. The quantitative estimate of drug-likeness (QED) is 0.612. The van der Waals surface area contributed by atoms with E-state index in [4.69, 9.17) is 9.47 Å². The van der Waals surface area contributed by atoms with Gasteiger partial charge in [0, 0.05) is 0 Å². The van der Waals surface area contributed by atoms with Crippen molar-refractivity contribution in [1.82, 2.24) is 4.98 Å². The van der Waals surface area contributed by atoms with Gasteiger partial charge in [0.1, 0.15) is 18.1 Å². The summed E-state index contributed by atoms with van der Waals surface area (Å²) in [7, 11) is 0. The third kappa shape index (κ3) is 4.55. The third-order valence-electron chi connectivity index (χ3n) is 3.54. The first-order chi connectivity index (χ1) is 12.6. The highest BCUT2D eigenvalue weighted by Crippen LogP contribution is 2.21. The molecule has 1 heterocycles. The Hall–Kier alpha value is -2.99. The molecule has 0 spiro atoms. The molecule has 132 valence electrons. The number of esters is 2. The molecule has 5 nitrogen and oxygen atoms in total. The van der Waals surface area contributed by atoms with Gasteiger partial charge >= 0.3 is 11.9 Å². The average Bonchev–Trinajstić information content (AvgIpc) is 3.08. The zero-order chi connectivity index (χ0) is 18.4. The Morgan fingerprint density at radius 2 is 1.35 bits per heavy atom. The van der Waals surface area contributed by atoms with E-state index >= 15 is 0 Å². The third-order valence-corrected chi connectivity index (χ3v) is 4.49. The van der Waals surface area contributed by atoms with Crippen molar-refractivity contribution >= 4 is 23.3 Å². The summed E-state index contributed by atoms with van der Waals surface area (Å²) < 4.78 is 10.6. The fourth-order valence-electron chi connectivity index (χ4n) is 2.28. The Kier molecular flexibility index (Phi) is 5.76. The second-order valence-corrected chi connectivity index (χ2v) is 6.74. The minimum Gasteiger partial charge on any atom is -0.457 e. The predicted molar refractivity (Wildman–Crippen MR) is 98.0 cm³/mol. The van der Waals surface area contributed by atoms with Crippen LogP contribution in [0.2, 0.25) is 0 Å². The first kappa shape index (κ1) is 17.8. The van der Waals surface area contributed by atoms with Crippen LogP contribution >= 0.6 is 11.3 Å². The van der Waals surface area contributed by atoms with Crippen molar-refractivity contribution in [3.05, 3.63) is 87.4 Å². The van der Waals surface area contributed by atoms with Gasteiger partial charge in [-0.25, -0.2) is 14.6 Å². The van der Waals surface area contributed by atoms with E-state index in [1.807, 2.05) is 60.7 Å². The maximum Gasteiger partial charge on any atom is 0.359 e. The number of hydrogen-bond donors (Lipinski definition) is 0. The van der Waals surface area contributed by atoms with Crippen molar-refractivity contribution in [3.8, 4) is 0 Å². The second kappa shape index (κ2) is 8.40. The number of carbonyl (C=O) groups is 2. The summed E-state index contributed by atoms with van der Waals surface area (Å²) in [6.45, 7) is 1.98. The van der Waals surface area contributed by atoms with Crippen LogP contribution in [-0.4, -0.2) is 16.9 Å². The molecule has 0 fully saturated rings. The van der Waals surface area contributed by atoms with Crippen LogP contribution in [0, 0.1) is 6.92 Å². The van der Waals surface area contributed by atoms with E-state index in [-0.39, 0.29) is 23.8 Å². The van der Waals surface area contributed by atoms with Gasteiger partial charge in [-0.1, -0.05) is 60.7 Å². The van der Waals surface area contributed by atoms with E-state index in [2.05, 4.69) is 4.98 Å². The molecule has 0 saturated heterocycles. The summed E-state index contributed by atoms with van der Waals surface area (Å²) in [6, 6.07) is 18.7. The van der Waals surface area contributed by atoms with E-state index < -0.39 is 11.9 Å². The van der Waals surface area contributed by atoms with Crippen LogP contribution in [0.1, 0.15) is 36.3 Å². The summed E-state index contributed by atoms with van der Waals surface area (Å²) in [5.41, 5.74) is 1.73. The smallest absolute Gasteiger partial charge is 0.359 e. The van der Waals surface area contributed by atoms with Crippen molar-refractivity contribution < 1.29 is 19.1 Å². The van der Waals surface area contributed by atoms with Gasteiger partial charge in [-0.15, -0.1) is 11.3 Å². The highest BCUT2D eigenvalue weighted by atomic mass is 32.1. The van der Waals surface area contributed by atoms with Gasteiger partial charge in [0.2, 0.25) is 0 Å². The lowest BCUT2D eigenvalue weighted by molar-refractivity contribution is 0.0425. The zero-order valence-corrected chi connectivity index (χ0v) is 15.0. The van der Waals surface area contributed by atoms with Crippen LogP contribution in [0.15, 0.2) is 60.7 Å². The van der Waals surface area contributed by atoms with E-state index in [0.29, 0.717) is 5.01 Å². The number of nitrogens with zero attached hydrogens (tertiary/aromatic N) is 1. The van der Waals surface area contributed by atoms with Gasteiger partial charge in [0.25, 0.3) is 0 Å². The molecule has 26 heavy (non-hydrogen) atoms. The Balaban J connectivity index is 1.66. The first-order valence-corrected chi connectivity index (χ1v) is 8.84. The normalized spacial score (nSPS) is 10.3. The van der Waals surface area contributed by atoms with Crippen LogP contribution in [0.5, 0.6) is 0 Å². The van der Waals surface area contributed by atoms with Crippen LogP contribution in [0.4, 0.5) is 0 Å². The molecule has 0 aliphatic heterocycles. The Bertz CT molecular complexity index is 818. The minimum absolute atomic E-state index is 0.00138. The van der Waals surface area contributed by atoms with Crippen molar-refractivity contribution in [3.63, 3.8) is 0 Å². The van der Waals surface area contributed by atoms with Gasteiger partial charge in [0.15, 0.2) is 5.69 Å². The molecule has 6 heteroatoms. The number of hydrogen-bond acceptors (Lipinski definition) is 6. The number of carbonyl (C=O) groups excluding carboxylic acids is 2. The maximum atomic E-state index is 12.4. The molecule has 0 radical (unpaired) electrons. The standard InChI is InChI=1S/C20H17NO4S/c1-14-21-17(19(22)24-12-15-8-4-2-5-9-15)18(26-14)20(23)25-13-16-10-6-3-7-11-16/h2-11H,12-13H2,1H3. The summed E-state index contributed by atoms with van der Waals surface area (Å²) in [5, 5.41) is 0.600. The molecule has 0 aliphatic rings. The maximum absolute atomic E-state index is 12.4. The molecule has 0 atom stereocenters. The van der Waals surface area contributed by atoms with Crippen LogP contribution in [0.3, 0.4) is 0 Å². The summed E-state index contributed by atoms with van der Waals surface area (Å²) in [5.74, 6) is -1.21. The van der Waals surface area contributed by atoms with Gasteiger partial charge < -0.3 is 9.47 Å². The van der Waals surface area contributed by atoms with Gasteiger partial charge in [0.05, 0.1) is 5.01 Å². The van der Waals surface area contributed by atoms with Crippen molar-refractivity contribution in [2.45, 2.75) is 20.1 Å². The molecule has 0 N–H and O–H groups in total. The fraction of sp³-hybridized carbons (Fsp3) is 0.150. The molecule has 0 unspecified atom stereocenters. The summed E-state index contributed by atoms with van der Waals surface area (Å²) in [6.07, 6.45) is 0. The molecule has 1 aromatic heterocycles. The van der Waals surface area contributed by atoms with Gasteiger partial charge in [-0.2, -0.15) is 0 Å². The molecule has 0 amide bonds.